The Hall–Kier alpha value is -2.66. The van der Waals surface area contributed by atoms with Gasteiger partial charge in [-0.25, -0.2) is 0 Å². The Morgan fingerprint density at radius 1 is 1.07 bits per heavy atom. The summed E-state index contributed by atoms with van der Waals surface area (Å²) in [4.78, 5) is 29.4. The molecule has 0 saturated carbocycles. The Labute approximate surface area is 161 Å². The summed E-state index contributed by atoms with van der Waals surface area (Å²) in [6.45, 7) is 2.25. The fourth-order valence-corrected chi connectivity index (χ4v) is 3.39. The Kier molecular flexibility index (Phi) is 6.24. The molecule has 0 aromatic heterocycles. The molecule has 1 aliphatic heterocycles. The summed E-state index contributed by atoms with van der Waals surface area (Å²) in [5, 5.41) is 2.93. The van der Waals surface area contributed by atoms with E-state index in [1.807, 2.05) is 37.2 Å². The highest BCUT2D eigenvalue weighted by Crippen LogP contribution is 2.28. The van der Waals surface area contributed by atoms with Crippen molar-refractivity contribution < 1.29 is 9.59 Å². The molecule has 0 bridgehead atoms. The molecule has 0 radical (unpaired) electrons. The summed E-state index contributed by atoms with van der Waals surface area (Å²) in [6, 6.07) is 15.0. The number of aryl methyl sites for hydroxylation is 1. The van der Waals surface area contributed by atoms with Crippen LogP contribution in [0.2, 0.25) is 0 Å². The molecule has 2 aromatic rings. The van der Waals surface area contributed by atoms with Crippen molar-refractivity contribution in [3.63, 3.8) is 0 Å². The van der Waals surface area contributed by atoms with Gasteiger partial charge in [0, 0.05) is 29.9 Å². The largest absolute Gasteiger partial charge is 0.352 e. The second-order valence-corrected chi connectivity index (χ2v) is 7.18. The topological polar surface area (TPSA) is 52.7 Å². The van der Waals surface area contributed by atoms with Crippen LogP contribution in [0.4, 0.5) is 5.69 Å². The number of benzene rings is 2. The van der Waals surface area contributed by atoms with Gasteiger partial charge in [0.2, 0.25) is 0 Å². The zero-order chi connectivity index (χ0) is 19.2. The van der Waals surface area contributed by atoms with Gasteiger partial charge in [-0.1, -0.05) is 24.3 Å². The zero-order valence-corrected chi connectivity index (χ0v) is 16.1. The van der Waals surface area contributed by atoms with E-state index in [1.54, 1.807) is 24.3 Å². The SMILES string of the molecule is CN(C)CCCNC(=O)c1cccc(C(=O)N2CCCc3ccccc32)c1. The van der Waals surface area contributed by atoms with Crippen LogP contribution in [-0.2, 0) is 6.42 Å². The molecule has 142 valence electrons. The normalized spacial score (nSPS) is 13.4. The van der Waals surface area contributed by atoms with E-state index in [1.165, 1.54) is 5.56 Å². The average molecular weight is 365 g/mol. The fourth-order valence-electron chi connectivity index (χ4n) is 3.39. The first kappa shape index (κ1) is 19.1. The van der Waals surface area contributed by atoms with Crippen LogP contribution in [0.5, 0.6) is 0 Å². The lowest BCUT2D eigenvalue weighted by Gasteiger charge is -2.29. The minimum absolute atomic E-state index is 0.0515. The third-order valence-electron chi connectivity index (χ3n) is 4.79. The van der Waals surface area contributed by atoms with Crippen molar-refractivity contribution in [3.8, 4) is 0 Å². The molecule has 0 spiro atoms. The van der Waals surface area contributed by atoms with E-state index < -0.39 is 0 Å². The first-order valence-corrected chi connectivity index (χ1v) is 9.49. The Morgan fingerprint density at radius 3 is 2.67 bits per heavy atom. The van der Waals surface area contributed by atoms with Crippen molar-refractivity contribution >= 4 is 17.5 Å². The number of para-hydroxylation sites is 1. The molecular formula is C22H27N3O2. The lowest BCUT2D eigenvalue weighted by molar-refractivity contribution is 0.0952. The number of hydrogen-bond donors (Lipinski definition) is 1. The summed E-state index contributed by atoms with van der Waals surface area (Å²) in [5.74, 6) is -0.188. The van der Waals surface area contributed by atoms with E-state index in [0.717, 1.165) is 31.5 Å². The van der Waals surface area contributed by atoms with E-state index >= 15 is 0 Å². The van der Waals surface area contributed by atoms with E-state index in [0.29, 0.717) is 24.2 Å². The molecule has 2 amide bonds. The van der Waals surface area contributed by atoms with Gasteiger partial charge >= 0.3 is 0 Å². The Bertz CT molecular complexity index is 817. The van der Waals surface area contributed by atoms with Crippen molar-refractivity contribution in [2.24, 2.45) is 0 Å². The molecule has 5 nitrogen and oxygen atoms in total. The van der Waals surface area contributed by atoms with Gasteiger partial charge in [-0.15, -0.1) is 0 Å². The highest BCUT2D eigenvalue weighted by molar-refractivity contribution is 6.08. The van der Waals surface area contributed by atoms with Gasteiger partial charge in [0.1, 0.15) is 0 Å². The second kappa shape index (κ2) is 8.82. The number of nitrogens with one attached hydrogen (secondary N) is 1. The highest BCUT2D eigenvalue weighted by atomic mass is 16.2. The summed E-state index contributed by atoms with van der Waals surface area (Å²) < 4.78 is 0. The van der Waals surface area contributed by atoms with E-state index in [9.17, 15) is 9.59 Å². The Morgan fingerprint density at radius 2 is 1.85 bits per heavy atom. The maximum absolute atomic E-state index is 13.1. The molecule has 5 heteroatoms. The van der Waals surface area contributed by atoms with Crippen molar-refractivity contribution in [2.45, 2.75) is 19.3 Å². The number of carbonyl (C=O) groups excluding carboxylic acids is 2. The van der Waals surface area contributed by atoms with Crippen LogP contribution in [0, 0.1) is 0 Å². The summed E-state index contributed by atoms with van der Waals surface area (Å²) in [5.41, 5.74) is 3.25. The summed E-state index contributed by atoms with van der Waals surface area (Å²) >= 11 is 0. The van der Waals surface area contributed by atoms with Gasteiger partial charge in [0.25, 0.3) is 11.8 Å². The van der Waals surface area contributed by atoms with Gasteiger partial charge in [0.05, 0.1) is 0 Å². The fraction of sp³-hybridized carbons (Fsp3) is 0.364. The minimum atomic E-state index is -0.137. The van der Waals surface area contributed by atoms with Gasteiger partial charge < -0.3 is 15.1 Å². The minimum Gasteiger partial charge on any atom is -0.352 e. The quantitative estimate of drug-likeness (QED) is 0.801. The first-order valence-electron chi connectivity index (χ1n) is 9.49. The molecule has 1 N–H and O–H groups in total. The molecule has 1 heterocycles. The molecule has 0 unspecified atom stereocenters. The van der Waals surface area contributed by atoms with Crippen LogP contribution < -0.4 is 10.2 Å². The van der Waals surface area contributed by atoms with E-state index in [4.69, 9.17) is 0 Å². The van der Waals surface area contributed by atoms with Gasteiger partial charge in [-0.3, -0.25) is 9.59 Å². The number of carbonyl (C=O) groups is 2. The van der Waals surface area contributed by atoms with Crippen LogP contribution >= 0.6 is 0 Å². The van der Waals surface area contributed by atoms with Crippen LogP contribution in [0.1, 0.15) is 39.1 Å². The summed E-state index contributed by atoms with van der Waals surface area (Å²) in [7, 11) is 4.02. The van der Waals surface area contributed by atoms with Gasteiger partial charge in [0.15, 0.2) is 0 Å². The molecule has 0 saturated heterocycles. The van der Waals surface area contributed by atoms with Crippen molar-refractivity contribution in [2.75, 3.05) is 38.6 Å². The maximum atomic E-state index is 13.1. The lowest BCUT2D eigenvalue weighted by atomic mass is 10.0. The van der Waals surface area contributed by atoms with Crippen molar-refractivity contribution in [1.29, 1.82) is 0 Å². The van der Waals surface area contributed by atoms with Crippen LogP contribution in [-0.4, -0.2) is 50.4 Å². The summed E-state index contributed by atoms with van der Waals surface area (Å²) in [6.07, 6.45) is 2.84. The number of amides is 2. The average Bonchev–Trinajstić information content (AvgIpc) is 2.70. The Balaban J connectivity index is 1.70. The molecule has 0 atom stereocenters. The number of rotatable bonds is 6. The molecule has 0 aliphatic carbocycles. The van der Waals surface area contributed by atoms with Crippen LogP contribution in [0.25, 0.3) is 0 Å². The number of nitrogens with zero attached hydrogens (tertiary/aromatic N) is 2. The number of fused-ring (bicyclic) bond motifs is 1. The van der Waals surface area contributed by atoms with Crippen LogP contribution in [0.15, 0.2) is 48.5 Å². The highest BCUT2D eigenvalue weighted by Gasteiger charge is 2.23. The maximum Gasteiger partial charge on any atom is 0.258 e. The number of anilines is 1. The standard InChI is InChI=1S/C22H27N3O2/c1-24(2)14-7-13-23-21(26)18-9-5-10-19(16-18)22(27)25-15-6-11-17-8-3-4-12-20(17)25/h3-5,8-10,12,16H,6-7,11,13-15H2,1-2H3,(H,23,26). The van der Waals surface area contributed by atoms with Crippen LogP contribution in [0.3, 0.4) is 0 Å². The molecule has 0 fully saturated rings. The van der Waals surface area contributed by atoms with Crippen molar-refractivity contribution in [3.05, 3.63) is 65.2 Å². The first-order chi connectivity index (χ1) is 13.1. The smallest absolute Gasteiger partial charge is 0.258 e. The van der Waals surface area contributed by atoms with Crippen molar-refractivity contribution in [1.82, 2.24) is 10.2 Å². The van der Waals surface area contributed by atoms with Gasteiger partial charge in [-0.05, 0) is 69.7 Å². The zero-order valence-electron chi connectivity index (χ0n) is 16.1. The number of hydrogen-bond acceptors (Lipinski definition) is 3. The second-order valence-electron chi connectivity index (χ2n) is 7.18. The van der Waals surface area contributed by atoms with Gasteiger partial charge in [-0.2, -0.15) is 0 Å². The molecule has 27 heavy (non-hydrogen) atoms. The lowest BCUT2D eigenvalue weighted by Crippen LogP contribution is -2.35. The van der Waals surface area contributed by atoms with E-state index in [2.05, 4.69) is 16.3 Å². The molecule has 1 aliphatic rings. The molecule has 3 rings (SSSR count). The molecule has 2 aromatic carbocycles. The monoisotopic (exact) mass is 365 g/mol. The third-order valence-corrected chi connectivity index (χ3v) is 4.79. The predicted molar refractivity (Wildman–Crippen MR) is 108 cm³/mol. The molecular weight excluding hydrogens is 338 g/mol. The third kappa shape index (κ3) is 4.74. The predicted octanol–water partition coefficient (Wildman–Crippen LogP) is 2.96. The van der Waals surface area contributed by atoms with E-state index in [-0.39, 0.29) is 11.8 Å².